The fraction of sp³-hybridized carbons (Fsp3) is 0.667. The predicted molar refractivity (Wildman–Crippen MR) is 112 cm³/mol. The van der Waals surface area contributed by atoms with Crippen molar-refractivity contribution >= 4 is 5.96 Å². The highest BCUT2D eigenvalue weighted by Gasteiger charge is 2.19. The number of methoxy groups -OCH3 is 1. The molecule has 1 saturated heterocycles. The maximum Gasteiger partial charge on any atom is 0.191 e. The number of ether oxygens (including phenoxy) is 2. The van der Waals surface area contributed by atoms with E-state index in [9.17, 15) is 0 Å². The molecule has 6 nitrogen and oxygen atoms in total. The van der Waals surface area contributed by atoms with E-state index < -0.39 is 0 Å². The van der Waals surface area contributed by atoms with Crippen LogP contribution in [0.25, 0.3) is 0 Å². The van der Waals surface area contributed by atoms with Crippen molar-refractivity contribution < 1.29 is 9.47 Å². The first-order chi connectivity index (χ1) is 13.2. The Hall–Kier alpha value is -1.95. The van der Waals surface area contributed by atoms with E-state index in [1.54, 1.807) is 7.11 Å². The normalized spacial score (nSPS) is 16.2. The number of guanidine groups is 1. The summed E-state index contributed by atoms with van der Waals surface area (Å²) in [4.78, 5) is 6.92. The van der Waals surface area contributed by atoms with Crippen molar-refractivity contribution in [2.24, 2.45) is 4.99 Å². The lowest BCUT2D eigenvalue weighted by Gasteiger charge is -2.32. The summed E-state index contributed by atoms with van der Waals surface area (Å²) < 4.78 is 11.2. The van der Waals surface area contributed by atoms with Gasteiger partial charge in [0.25, 0.3) is 0 Å². The summed E-state index contributed by atoms with van der Waals surface area (Å²) in [6, 6.07) is 6.56. The molecule has 6 heteroatoms. The van der Waals surface area contributed by atoms with E-state index in [0.29, 0.717) is 19.2 Å². The van der Waals surface area contributed by atoms with Crippen LogP contribution >= 0.6 is 0 Å². The molecule has 152 valence electrons. The first kappa shape index (κ1) is 21.4. The van der Waals surface area contributed by atoms with Gasteiger partial charge in [-0.3, -0.25) is 4.99 Å². The molecule has 0 saturated carbocycles. The van der Waals surface area contributed by atoms with Gasteiger partial charge in [0.1, 0.15) is 0 Å². The number of aliphatic imine (C=N–C) groups is 1. The van der Waals surface area contributed by atoms with Gasteiger partial charge >= 0.3 is 0 Å². The van der Waals surface area contributed by atoms with Crippen molar-refractivity contribution in [1.29, 1.82) is 0 Å². The molecule has 2 rings (SSSR count). The number of rotatable bonds is 9. The van der Waals surface area contributed by atoms with E-state index in [-0.39, 0.29) is 0 Å². The van der Waals surface area contributed by atoms with Crippen molar-refractivity contribution in [3.05, 3.63) is 23.8 Å². The SMILES string of the molecule is CCCOc1ccc(CNC(=NC)NC2CCN(CCC)CC2)cc1OC. The second-order valence-corrected chi connectivity index (χ2v) is 7.02. The Kier molecular flexibility index (Phi) is 9.25. The first-order valence-electron chi connectivity index (χ1n) is 10.2. The van der Waals surface area contributed by atoms with Gasteiger partial charge in [0, 0.05) is 32.7 Å². The molecule has 2 N–H and O–H groups in total. The highest BCUT2D eigenvalue weighted by molar-refractivity contribution is 5.80. The lowest BCUT2D eigenvalue weighted by Crippen LogP contribution is -2.48. The molecule has 0 atom stereocenters. The van der Waals surface area contributed by atoms with Crippen LogP contribution in [0.5, 0.6) is 11.5 Å². The third-order valence-corrected chi connectivity index (χ3v) is 4.84. The maximum atomic E-state index is 5.72. The smallest absolute Gasteiger partial charge is 0.191 e. The minimum Gasteiger partial charge on any atom is -0.493 e. The fourth-order valence-corrected chi connectivity index (χ4v) is 3.34. The molecule has 1 aromatic rings. The van der Waals surface area contributed by atoms with Crippen LogP contribution in [0, 0.1) is 0 Å². The molecule has 27 heavy (non-hydrogen) atoms. The van der Waals surface area contributed by atoms with E-state index in [0.717, 1.165) is 42.3 Å². The van der Waals surface area contributed by atoms with Crippen LogP contribution in [0.4, 0.5) is 0 Å². The second-order valence-electron chi connectivity index (χ2n) is 7.02. The van der Waals surface area contributed by atoms with Gasteiger partial charge in [-0.1, -0.05) is 19.9 Å². The molecule has 1 aliphatic heterocycles. The molecule has 0 aromatic heterocycles. The molecule has 1 aliphatic rings. The van der Waals surface area contributed by atoms with Crippen molar-refractivity contribution in [3.8, 4) is 11.5 Å². The van der Waals surface area contributed by atoms with Crippen LogP contribution in [-0.4, -0.2) is 57.3 Å². The largest absolute Gasteiger partial charge is 0.493 e. The summed E-state index contributed by atoms with van der Waals surface area (Å²) in [5, 5.41) is 6.97. The fourth-order valence-electron chi connectivity index (χ4n) is 3.34. The van der Waals surface area contributed by atoms with Gasteiger partial charge in [-0.25, -0.2) is 0 Å². The van der Waals surface area contributed by atoms with Crippen molar-refractivity contribution in [2.75, 3.05) is 40.4 Å². The Morgan fingerprint density at radius 1 is 1.19 bits per heavy atom. The molecule has 0 radical (unpaired) electrons. The monoisotopic (exact) mass is 376 g/mol. The van der Waals surface area contributed by atoms with Crippen LogP contribution < -0.4 is 20.1 Å². The molecule has 0 aliphatic carbocycles. The minimum absolute atomic E-state index is 0.490. The summed E-state index contributed by atoms with van der Waals surface area (Å²) in [5.41, 5.74) is 1.14. The van der Waals surface area contributed by atoms with Crippen LogP contribution in [0.1, 0.15) is 45.1 Å². The zero-order chi connectivity index (χ0) is 19.5. The third kappa shape index (κ3) is 6.94. The number of likely N-dealkylation sites (tertiary alicyclic amines) is 1. The molecular formula is C21H36N4O2. The maximum absolute atomic E-state index is 5.72. The highest BCUT2D eigenvalue weighted by atomic mass is 16.5. The topological polar surface area (TPSA) is 58.1 Å². The van der Waals surface area contributed by atoms with Gasteiger partial charge in [-0.05, 0) is 49.9 Å². The molecule has 1 aromatic carbocycles. The molecular weight excluding hydrogens is 340 g/mol. The molecule has 0 unspecified atom stereocenters. The minimum atomic E-state index is 0.490. The zero-order valence-electron chi connectivity index (χ0n) is 17.4. The van der Waals surface area contributed by atoms with Crippen molar-refractivity contribution in [3.63, 3.8) is 0 Å². The second kappa shape index (κ2) is 11.7. The van der Waals surface area contributed by atoms with Gasteiger partial charge in [-0.15, -0.1) is 0 Å². The van der Waals surface area contributed by atoms with Gasteiger partial charge in [-0.2, -0.15) is 0 Å². The van der Waals surface area contributed by atoms with E-state index >= 15 is 0 Å². The number of hydrogen-bond donors (Lipinski definition) is 2. The Morgan fingerprint density at radius 3 is 2.59 bits per heavy atom. The first-order valence-corrected chi connectivity index (χ1v) is 10.2. The van der Waals surface area contributed by atoms with Crippen LogP contribution in [-0.2, 0) is 6.54 Å². The number of piperidine rings is 1. The number of nitrogens with one attached hydrogen (secondary N) is 2. The summed E-state index contributed by atoms with van der Waals surface area (Å²) in [5.74, 6) is 2.42. The summed E-state index contributed by atoms with van der Waals surface area (Å²) in [7, 11) is 3.50. The zero-order valence-corrected chi connectivity index (χ0v) is 17.4. The third-order valence-electron chi connectivity index (χ3n) is 4.84. The molecule has 1 heterocycles. The van der Waals surface area contributed by atoms with Crippen molar-refractivity contribution in [1.82, 2.24) is 15.5 Å². The average Bonchev–Trinajstić information content (AvgIpc) is 2.71. The molecule has 0 bridgehead atoms. The van der Waals surface area contributed by atoms with Gasteiger partial charge in [0.15, 0.2) is 17.5 Å². The molecule has 0 amide bonds. The Balaban J connectivity index is 1.83. The van der Waals surface area contributed by atoms with E-state index in [4.69, 9.17) is 9.47 Å². The van der Waals surface area contributed by atoms with Gasteiger partial charge in [0.05, 0.1) is 13.7 Å². The lowest BCUT2D eigenvalue weighted by atomic mass is 10.1. The Bertz CT molecular complexity index is 584. The summed E-state index contributed by atoms with van der Waals surface area (Å²) in [6.07, 6.45) is 4.54. The quantitative estimate of drug-likeness (QED) is 0.512. The van der Waals surface area contributed by atoms with E-state index in [2.05, 4.69) is 40.4 Å². The summed E-state index contributed by atoms with van der Waals surface area (Å²) >= 11 is 0. The average molecular weight is 377 g/mol. The predicted octanol–water partition coefficient (Wildman–Crippen LogP) is 3.02. The van der Waals surface area contributed by atoms with E-state index in [1.165, 1.54) is 26.1 Å². The standard InChI is InChI=1S/C21H36N4O2/c1-5-11-25-12-9-18(10-13-25)24-21(22-3)23-16-17-7-8-19(27-14-6-2)20(15-17)26-4/h7-8,15,18H,5-6,9-14,16H2,1-4H3,(H2,22,23,24). The van der Waals surface area contributed by atoms with Crippen LogP contribution in [0.15, 0.2) is 23.2 Å². The summed E-state index contributed by atoms with van der Waals surface area (Å²) in [6.45, 7) is 9.27. The number of benzene rings is 1. The number of nitrogens with zero attached hydrogens (tertiary/aromatic N) is 2. The Morgan fingerprint density at radius 2 is 1.96 bits per heavy atom. The van der Waals surface area contributed by atoms with Crippen LogP contribution in [0.3, 0.4) is 0 Å². The van der Waals surface area contributed by atoms with E-state index in [1.807, 2.05) is 19.2 Å². The Labute approximate surface area is 164 Å². The highest BCUT2D eigenvalue weighted by Crippen LogP contribution is 2.28. The van der Waals surface area contributed by atoms with Gasteiger partial charge in [0.2, 0.25) is 0 Å². The van der Waals surface area contributed by atoms with Crippen molar-refractivity contribution in [2.45, 2.75) is 52.1 Å². The van der Waals surface area contributed by atoms with Crippen LogP contribution in [0.2, 0.25) is 0 Å². The molecule has 0 spiro atoms. The lowest BCUT2D eigenvalue weighted by molar-refractivity contribution is 0.206. The number of hydrogen-bond acceptors (Lipinski definition) is 4. The van der Waals surface area contributed by atoms with Gasteiger partial charge < -0.3 is 25.0 Å². The molecule has 1 fully saturated rings.